The fourth-order valence-corrected chi connectivity index (χ4v) is 19.8. The van der Waals surface area contributed by atoms with Crippen molar-refractivity contribution in [2.24, 2.45) is 22.7 Å². The zero-order valence-electron chi connectivity index (χ0n) is 64.2. The van der Waals surface area contributed by atoms with Crippen LogP contribution in [0.3, 0.4) is 0 Å². The van der Waals surface area contributed by atoms with Crippen LogP contribution in [0, 0.1) is 22.7 Å². The third-order valence-corrected chi connectivity index (χ3v) is 25.8. The van der Waals surface area contributed by atoms with Gasteiger partial charge in [0.15, 0.2) is 44.0 Å². The Hall–Kier alpha value is -3.28. The predicted molar refractivity (Wildman–Crippen MR) is 374 cm³/mol. The number of hydrogen-bond donors (Lipinski definition) is 9. The Labute approximate surface area is 631 Å². The van der Waals surface area contributed by atoms with Gasteiger partial charge in [0.25, 0.3) is 0 Å². The molecule has 10 fully saturated rings. The van der Waals surface area contributed by atoms with Crippen LogP contribution in [0.4, 0.5) is 0 Å². The molecular formula is C77H118O31. The molecule has 0 spiro atoms. The van der Waals surface area contributed by atoms with E-state index in [-0.39, 0.29) is 44.0 Å². The largest absolute Gasteiger partial charge is 0.458 e. The second-order valence-electron chi connectivity index (χ2n) is 32.0. The minimum Gasteiger partial charge on any atom is -0.458 e. The number of hydrogen-bond acceptors (Lipinski definition) is 31. The maximum absolute atomic E-state index is 13.7. The first-order valence-electron chi connectivity index (χ1n) is 38.5. The molecule has 0 amide bonds. The molecule has 0 radical (unpaired) electrons. The number of aliphatic hydroxyl groups excluding tert-OH is 7. The highest BCUT2D eigenvalue weighted by Gasteiger charge is 2.77. The number of Topliss-reactive ketones (excluding diaryl/α,β-unsaturated/α-hetero) is 1. The van der Waals surface area contributed by atoms with Crippen molar-refractivity contribution in [1.82, 2.24) is 0 Å². The maximum atomic E-state index is 13.7. The molecule has 38 atom stereocenters. The zero-order chi connectivity index (χ0) is 77.6. The first-order chi connectivity index (χ1) is 51.5. The van der Waals surface area contributed by atoms with E-state index in [4.69, 9.17) is 94.7 Å². The topological polar surface area (TPSA) is 401 Å². The van der Waals surface area contributed by atoms with Crippen LogP contribution in [-0.4, -0.2) is 314 Å². The standard InChI is InChI=1S/C77H118O31/c1-36(80)45-23-26-77(88)75(45,8)54(102-55(81)20-19-42-17-15-14-16-18-42)33-53-74(7)24-22-44(27-43(74)21-25-76(53,77)87)99-56-28-46(89-9)66(37(2)94-56)103-57-29-47(90-10)67(38(3)95-57)104-58-30-48(91-11)68(39(4)96-58)105-59-31-49(92-12)69(40(5)97-59)106-60-32-50(93-13)70(41(6)98-60)107-73-65(86)63(84)71(52(35-79)101-73)108-72-64(85)62(83)61(82)51(34-78)100-72/h14-21,37-41,44-54,56-73,78-79,82-88H,22-35H2,1-13H3/t37-,38-,39-,40-,41-,44+,45+,46+,47+,48-,49-,50+,51-,52-,53-,54-,56+,57+,58+,59+,60+,61-,62+,63-,64-,65-,66-,67-,68-,69-,70-,71-,72+,73+,74+,75+,76+,77-/m1/s1. The quantitative estimate of drug-likeness (QED) is 0.0385. The summed E-state index contributed by atoms with van der Waals surface area (Å²) in [5.41, 5.74) is -3.18. The molecule has 0 aromatic heterocycles. The highest BCUT2D eigenvalue weighted by Crippen LogP contribution is 2.70. The maximum Gasteiger partial charge on any atom is 0.331 e. The van der Waals surface area contributed by atoms with Crippen LogP contribution in [0.1, 0.15) is 138 Å². The van der Waals surface area contributed by atoms with E-state index in [1.807, 2.05) is 65.0 Å². The van der Waals surface area contributed by atoms with E-state index in [9.17, 15) is 55.5 Å². The minimum atomic E-state index is -1.82. The van der Waals surface area contributed by atoms with Gasteiger partial charge in [-0.3, -0.25) is 4.79 Å². The SMILES string of the molecule is CO[C@H]1C[C@H](O[C@H]2CC[C@@]3(C)C(=CC[C@]4(O)[C@@H]3C[C@@H](OC(=O)C=Cc3ccccc3)[C@]3(C)[C@H](C(C)=O)CC[C@@]34O)C2)O[C@H](C)[C@H]1O[C@H]1C[C@H](OC)[C@H](O[C@H]2C[C@@H](OC)[C@H](O[C@H]3C[C@@H](OC)[C@H](O[C@H]4C[C@H](OC)[C@H](O[C@@H]5O[C@H](CO)[C@@H](O[C@@H]6O[C@H](CO)[C@@H](O)[C@H](O)[C@H]6O)[C@H](O)[C@H]5O)[C@@H](C)O4)[C@@H](C)O3)[C@@H](C)O2)[C@@H](C)O1. The van der Waals surface area contributed by atoms with Gasteiger partial charge in [-0.05, 0) is 104 Å². The van der Waals surface area contributed by atoms with Gasteiger partial charge in [0.1, 0.15) is 102 Å². The summed E-state index contributed by atoms with van der Waals surface area (Å²) in [4.78, 5) is 27.1. The van der Waals surface area contributed by atoms with Crippen molar-refractivity contribution in [3.8, 4) is 0 Å². The van der Waals surface area contributed by atoms with Crippen molar-refractivity contribution < 1.29 is 150 Å². The van der Waals surface area contributed by atoms with E-state index in [2.05, 4.69) is 13.0 Å². The lowest BCUT2D eigenvalue weighted by molar-refractivity contribution is -0.376. The van der Waals surface area contributed by atoms with Crippen LogP contribution >= 0.6 is 0 Å². The first kappa shape index (κ1) is 84.1. The normalized spacial score (nSPS) is 49.3. The Morgan fingerprint density at radius 2 is 0.935 bits per heavy atom. The number of methoxy groups -OCH3 is 5. The molecule has 108 heavy (non-hydrogen) atoms. The molecule has 612 valence electrons. The Bertz CT molecular complexity index is 3170. The third kappa shape index (κ3) is 16.5. The second kappa shape index (κ2) is 35.0. The molecule has 4 aliphatic carbocycles. The Morgan fingerprint density at radius 1 is 0.509 bits per heavy atom. The summed E-state index contributed by atoms with van der Waals surface area (Å²) < 4.78 is 126. The van der Waals surface area contributed by atoms with Crippen molar-refractivity contribution in [2.75, 3.05) is 48.8 Å². The van der Waals surface area contributed by atoms with Crippen LogP contribution in [0.25, 0.3) is 6.08 Å². The van der Waals surface area contributed by atoms with E-state index in [0.717, 1.165) is 11.1 Å². The van der Waals surface area contributed by atoms with Gasteiger partial charge in [-0.1, -0.05) is 55.8 Å². The molecule has 1 aromatic rings. The predicted octanol–water partition coefficient (Wildman–Crippen LogP) is 2.30. The zero-order valence-corrected chi connectivity index (χ0v) is 64.2. The van der Waals surface area contributed by atoms with Crippen LogP contribution in [0.15, 0.2) is 48.1 Å². The number of aliphatic hydroxyl groups is 9. The van der Waals surface area contributed by atoms with Gasteiger partial charge in [-0.25, -0.2) is 4.79 Å². The Morgan fingerprint density at radius 3 is 1.38 bits per heavy atom. The van der Waals surface area contributed by atoms with Crippen molar-refractivity contribution >= 4 is 17.8 Å². The van der Waals surface area contributed by atoms with E-state index in [0.29, 0.717) is 44.9 Å². The van der Waals surface area contributed by atoms with E-state index >= 15 is 0 Å². The Kier molecular flexibility index (Phi) is 27.3. The molecule has 9 N–H and O–H groups in total. The summed E-state index contributed by atoms with van der Waals surface area (Å²) in [6.45, 7) is 13.3. The number of esters is 1. The highest BCUT2D eigenvalue weighted by molar-refractivity contribution is 5.87. The molecule has 11 aliphatic rings. The minimum absolute atomic E-state index is 0.106. The summed E-state index contributed by atoms with van der Waals surface area (Å²) in [7, 11) is 7.91. The van der Waals surface area contributed by atoms with Gasteiger partial charge in [-0.15, -0.1) is 0 Å². The van der Waals surface area contributed by atoms with Crippen LogP contribution in [0.5, 0.6) is 0 Å². The Balaban J connectivity index is 0.599. The number of rotatable bonds is 25. The fraction of sp³-hybridized carbons (Fsp3) is 0.844. The summed E-state index contributed by atoms with van der Waals surface area (Å²) in [6.07, 6.45) is -20.6. The van der Waals surface area contributed by atoms with Gasteiger partial charge in [0, 0.05) is 91.0 Å². The number of fused-ring (bicyclic) bond motifs is 5. The average molecular weight is 1540 g/mol. The number of benzene rings is 1. The van der Waals surface area contributed by atoms with Gasteiger partial charge < -0.3 is 141 Å². The van der Waals surface area contributed by atoms with Gasteiger partial charge in [-0.2, -0.15) is 0 Å². The molecule has 31 heteroatoms. The van der Waals surface area contributed by atoms with E-state index < -0.39 is 244 Å². The summed E-state index contributed by atoms with van der Waals surface area (Å²) >= 11 is 0. The fourth-order valence-electron chi connectivity index (χ4n) is 19.8. The average Bonchev–Trinajstić information content (AvgIpc) is 1.39. The van der Waals surface area contributed by atoms with E-state index in [1.54, 1.807) is 41.4 Å². The molecule has 0 bridgehead atoms. The van der Waals surface area contributed by atoms with Crippen LogP contribution in [0.2, 0.25) is 0 Å². The molecule has 7 aliphatic heterocycles. The van der Waals surface area contributed by atoms with Crippen LogP contribution < -0.4 is 0 Å². The summed E-state index contributed by atoms with van der Waals surface area (Å²) in [5, 5.41) is 99.8. The van der Waals surface area contributed by atoms with Gasteiger partial charge in [0.2, 0.25) is 0 Å². The third-order valence-electron chi connectivity index (χ3n) is 25.8. The van der Waals surface area contributed by atoms with E-state index in [1.165, 1.54) is 20.1 Å². The first-order valence-corrected chi connectivity index (χ1v) is 38.5. The number of ketones is 1. The molecule has 12 rings (SSSR count). The smallest absolute Gasteiger partial charge is 0.331 e. The van der Waals surface area contributed by atoms with Gasteiger partial charge in [0.05, 0.1) is 80.4 Å². The van der Waals surface area contributed by atoms with Crippen molar-refractivity contribution in [1.29, 1.82) is 0 Å². The second-order valence-corrected chi connectivity index (χ2v) is 32.0. The molecule has 31 nitrogen and oxygen atoms in total. The van der Waals surface area contributed by atoms with Gasteiger partial charge >= 0.3 is 5.97 Å². The monoisotopic (exact) mass is 1540 g/mol. The molecule has 3 saturated carbocycles. The number of ether oxygens (including phenoxy) is 20. The lowest BCUT2D eigenvalue weighted by Crippen LogP contribution is -2.75. The number of carbonyl (C=O) groups excluding carboxylic acids is 2. The molecule has 7 heterocycles. The van der Waals surface area contributed by atoms with Crippen molar-refractivity contribution in [3.05, 3.63) is 53.6 Å². The van der Waals surface area contributed by atoms with Crippen LogP contribution in [-0.2, 0) is 104 Å². The van der Waals surface area contributed by atoms with Crippen molar-refractivity contribution in [3.63, 3.8) is 0 Å². The summed E-state index contributed by atoms with van der Waals surface area (Å²) in [5.74, 6) is -1.78. The van der Waals surface area contributed by atoms with Crippen molar-refractivity contribution in [2.45, 2.75) is 340 Å². The molecular weight excluding hydrogens is 1420 g/mol. The molecule has 7 saturated heterocycles. The summed E-state index contributed by atoms with van der Waals surface area (Å²) in [6, 6.07) is 9.42. The lowest BCUT2D eigenvalue weighted by Gasteiger charge is -2.66. The molecule has 1 aromatic carbocycles. The highest BCUT2D eigenvalue weighted by atomic mass is 16.8. The molecule has 0 unspecified atom stereocenters. The number of carbonyl (C=O) groups is 2. The lowest BCUT2D eigenvalue weighted by atomic mass is 9.43.